The summed E-state index contributed by atoms with van der Waals surface area (Å²) >= 11 is 5.15. The molecule has 0 aliphatic rings. The van der Waals surface area contributed by atoms with Crippen LogP contribution in [0.25, 0.3) is 0 Å². The van der Waals surface area contributed by atoms with Crippen molar-refractivity contribution >= 4 is 18.2 Å². The highest BCUT2D eigenvalue weighted by atomic mass is 32.1. The molecule has 0 radical (unpaired) electrons. The number of rotatable bonds is 3. The number of aromatic amines is 1. The van der Waals surface area contributed by atoms with E-state index in [2.05, 4.69) is 10.2 Å². The fraction of sp³-hybridized carbons (Fsp3) is 0.250. The Labute approximate surface area is 109 Å². The number of carbonyl (C=O) groups excluding carboxylic acids is 1. The van der Waals surface area contributed by atoms with Gasteiger partial charge >= 0.3 is 5.97 Å². The molecule has 2 aromatic rings. The number of H-pyrrole nitrogens is 1. The third-order valence-electron chi connectivity index (χ3n) is 2.68. The molecule has 1 unspecified atom stereocenters. The molecule has 1 N–H and O–H groups in total. The number of carbonyl (C=O) groups is 1. The first-order chi connectivity index (χ1) is 8.65. The standard InChI is InChI=1S/C12H13N3O2S/c1-8-13-14-12(18)15(8)10(11(16)17-2)9-6-4-3-5-7-9/h3-7,10H,1-2H3,(H,14,18). The largest absolute Gasteiger partial charge is 0.467 e. The second kappa shape index (κ2) is 5.14. The van der Waals surface area contributed by atoms with E-state index in [0.717, 1.165) is 5.56 Å². The molecule has 1 aromatic heterocycles. The molecular formula is C12H13N3O2S. The van der Waals surface area contributed by atoms with Crippen molar-refractivity contribution in [2.75, 3.05) is 7.11 Å². The van der Waals surface area contributed by atoms with Crippen molar-refractivity contribution in [2.45, 2.75) is 13.0 Å². The Morgan fingerprint density at radius 1 is 1.44 bits per heavy atom. The number of nitrogens with one attached hydrogen (secondary N) is 1. The molecule has 0 aliphatic carbocycles. The minimum Gasteiger partial charge on any atom is -0.467 e. The van der Waals surface area contributed by atoms with Crippen LogP contribution in [0.15, 0.2) is 30.3 Å². The van der Waals surface area contributed by atoms with Crippen LogP contribution in [0, 0.1) is 11.7 Å². The van der Waals surface area contributed by atoms with Gasteiger partial charge in [0.1, 0.15) is 5.82 Å². The molecule has 0 aliphatic heterocycles. The predicted molar refractivity (Wildman–Crippen MR) is 68.7 cm³/mol. The van der Waals surface area contributed by atoms with Crippen molar-refractivity contribution in [2.24, 2.45) is 0 Å². The van der Waals surface area contributed by atoms with Gasteiger partial charge in [-0.1, -0.05) is 30.3 Å². The van der Waals surface area contributed by atoms with Crippen molar-refractivity contribution < 1.29 is 9.53 Å². The first kappa shape index (κ1) is 12.5. The van der Waals surface area contributed by atoms with E-state index in [9.17, 15) is 4.79 Å². The molecule has 0 saturated carbocycles. The van der Waals surface area contributed by atoms with Gasteiger partial charge in [0.25, 0.3) is 0 Å². The normalized spacial score (nSPS) is 12.1. The van der Waals surface area contributed by atoms with Gasteiger partial charge < -0.3 is 4.74 Å². The van der Waals surface area contributed by atoms with Crippen molar-refractivity contribution in [3.63, 3.8) is 0 Å². The van der Waals surface area contributed by atoms with Gasteiger partial charge in [0, 0.05) is 0 Å². The summed E-state index contributed by atoms with van der Waals surface area (Å²) in [7, 11) is 1.36. The summed E-state index contributed by atoms with van der Waals surface area (Å²) in [5, 5.41) is 6.69. The predicted octanol–water partition coefficient (Wildman–Crippen LogP) is 2.01. The number of nitrogens with zero attached hydrogens (tertiary/aromatic N) is 2. The lowest BCUT2D eigenvalue weighted by Crippen LogP contribution is -2.23. The molecule has 5 nitrogen and oxygen atoms in total. The van der Waals surface area contributed by atoms with Gasteiger partial charge in [-0.05, 0) is 24.7 Å². The second-order valence-corrected chi connectivity index (χ2v) is 4.17. The SMILES string of the molecule is COC(=O)C(c1ccccc1)n1c(C)n[nH]c1=S. The van der Waals surface area contributed by atoms with E-state index in [0.29, 0.717) is 10.6 Å². The molecular weight excluding hydrogens is 250 g/mol. The van der Waals surface area contributed by atoms with E-state index in [1.54, 1.807) is 11.5 Å². The monoisotopic (exact) mass is 263 g/mol. The Morgan fingerprint density at radius 2 is 2.11 bits per heavy atom. The quantitative estimate of drug-likeness (QED) is 0.680. The van der Waals surface area contributed by atoms with Crippen LogP contribution in [0.5, 0.6) is 0 Å². The summed E-state index contributed by atoms with van der Waals surface area (Å²) in [6.45, 7) is 1.78. The number of aromatic nitrogens is 3. The minimum atomic E-state index is -0.609. The van der Waals surface area contributed by atoms with Crippen LogP contribution in [0.2, 0.25) is 0 Å². The van der Waals surface area contributed by atoms with E-state index in [1.807, 2.05) is 30.3 Å². The lowest BCUT2D eigenvalue weighted by molar-refractivity contribution is -0.143. The van der Waals surface area contributed by atoms with Gasteiger partial charge in [-0.25, -0.2) is 4.79 Å². The number of benzene rings is 1. The molecule has 2 rings (SSSR count). The zero-order chi connectivity index (χ0) is 13.1. The molecule has 1 aromatic carbocycles. The minimum absolute atomic E-state index is 0.373. The average Bonchev–Trinajstić information content (AvgIpc) is 2.72. The number of methoxy groups -OCH3 is 1. The fourth-order valence-corrected chi connectivity index (χ4v) is 2.11. The molecule has 94 valence electrons. The average molecular weight is 263 g/mol. The lowest BCUT2D eigenvalue weighted by atomic mass is 10.1. The Kier molecular flexibility index (Phi) is 3.57. The van der Waals surface area contributed by atoms with Gasteiger partial charge in [-0.2, -0.15) is 5.10 Å². The van der Waals surface area contributed by atoms with E-state index < -0.39 is 6.04 Å². The molecule has 0 bridgehead atoms. The molecule has 0 spiro atoms. The van der Waals surface area contributed by atoms with Crippen LogP contribution in [0.1, 0.15) is 17.4 Å². The Hall–Kier alpha value is -1.95. The third-order valence-corrected chi connectivity index (χ3v) is 2.97. The van der Waals surface area contributed by atoms with Crippen LogP contribution < -0.4 is 0 Å². The third kappa shape index (κ3) is 2.19. The van der Waals surface area contributed by atoms with Crippen molar-refractivity contribution in [3.05, 3.63) is 46.5 Å². The van der Waals surface area contributed by atoms with Crippen molar-refractivity contribution in [1.82, 2.24) is 14.8 Å². The summed E-state index contributed by atoms with van der Waals surface area (Å²) in [5.41, 5.74) is 0.810. The second-order valence-electron chi connectivity index (χ2n) is 3.78. The number of hydrogen-bond acceptors (Lipinski definition) is 4. The number of hydrogen-bond donors (Lipinski definition) is 1. The molecule has 6 heteroatoms. The summed E-state index contributed by atoms with van der Waals surface area (Å²) in [5.74, 6) is 0.265. The Bertz CT molecular complexity index is 603. The van der Waals surface area contributed by atoms with Crippen molar-refractivity contribution in [3.8, 4) is 0 Å². The fourth-order valence-electron chi connectivity index (χ4n) is 1.83. The van der Waals surface area contributed by atoms with Gasteiger partial charge in [0.2, 0.25) is 0 Å². The number of ether oxygens (including phenoxy) is 1. The highest BCUT2D eigenvalue weighted by Crippen LogP contribution is 2.21. The molecule has 1 atom stereocenters. The maximum Gasteiger partial charge on any atom is 0.333 e. The van der Waals surface area contributed by atoms with Crippen molar-refractivity contribution in [1.29, 1.82) is 0 Å². The molecule has 18 heavy (non-hydrogen) atoms. The maximum atomic E-state index is 12.0. The van der Waals surface area contributed by atoms with E-state index in [-0.39, 0.29) is 5.97 Å². The summed E-state index contributed by atoms with van der Waals surface area (Å²) in [4.78, 5) is 12.0. The highest BCUT2D eigenvalue weighted by Gasteiger charge is 2.25. The number of aryl methyl sites for hydroxylation is 1. The molecule has 1 heterocycles. The van der Waals surface area contributed by atoms with Gasteiger partial charge in [0.05, 0.1) is 7.11 Å². The topological polar surface area (TPSA) is 59.9 Å². The van der Waals surface area contributed by atoms with E-state index in [1.165, 1.54) is 7.11 Å². The van der Waals surface area contributed by atoms with E-state index in [4.69, 9.17) is 17.0 Å². The van der Waals surface area contributed by atoms with Crippen LogP contribution in [-0.2, 0) is 9.53 Å². The van der Waals surface area contributed by atoms with Crippen LogP contribution in [0.3, 0.4) is 0 Å². The Morgan fingerprint density at radius 3 is 2.61 bits per heavy atom. The van der Waals surface area contributed by atoms with Gasteiger partial charge in [0.15, 0.2) is 10.8 Å². The van der Waals surface area contributed by atoms with Crippen LogP contribution in [-0.4, -0.2) is 27.8 Å². The Balaban J connectivity index is 2.58. The molecule has 0 amide bonds. The van der Waals surface area contributed by atoms with Gasteiger partial charge in [-0.15, -0.1) is 0 Å². The highest BCUT2D eigenvalue weighted by molar-refractivity contribution is 7.71. The first-order valence-electron chi connectivity index (χ1n) is 5.41. The maximum absolute atomic E-state index is 12.0. The zero-order valence-corrected chi connectivity index (χ0v) is 10.9. The number of esters is 1. The summed E-state index contributed by atoms with van der Waals surface area (Å²) in [6.07, 6.45) is 0. The zero-order valence-electron chi connectivity index (χ0n) is 10.1. The van der Waals surface area contributed by atoms with E-state index >= 15 is 0 Å². The molecule has 0 fully saturated rings. The van der Waals surface area contributed by atoms with Crippen LogP contribution >= 0.6 is 12.2 Å². The van der Waals surface area contributed by atoms with Crippen LogP contribution in [0.4, 0.5) is 0 Å². The van der Waals surface area contributed by atoms with Gasteiger partial charge in [-0.3, -0.25) is 9.67 Å². The smallest absolute Gasteiger partial charge is 0.333 e. The summed E-state index contributed by atoms with van der Waals surface area (Å²) < 4.78 is 6.90. The first-order valence-corrected chi connectivity index (χ1v) is 5.82. The lowest BCUT2D eigenvalue weighted by Gasteiger charge is -2.17. The summed E-state index contributed by atoms with van der Waals surface area (Å²) in [6, 6.07) is 8.72. The molecule has 0 saturated heterocycles.